The van der Waals surface area contributed by atoms with Crippen LogP contribution in [0.2, 0.25) is 0 Å². The van der Waals surface area contributed by atoms with Gasteiger partial charge in [-0.2, -0.15) is 0 Å². The van der Waals surface area contributed by atoms with E-state index in [-0.39, 0.29) is 0 Å². The van der Waals surface area contributed by atoms with E-state index in [0.29, 0.717) is 5.41 Å². The van der Waals surface area contributed by atoms with Crippen molar-refractivity contribution in [2.45, 2.75) is 46.2 Å². The standard InChI is InChI=1S/C19H27N3O2/c1-15-18(16(2)24-20-15)12-21-8-4-6-19(13-21)7-9-22(14-19)11-17-5-3-10-23-17/h3,5,10H,4,6-9,11-14H2,1-2H3/t19-/m0/s1. The quantitative estimate of drug-likeness (QED) is 0.860. The van der Waals surface area contributed by atoms with Crippen molar-refractivity contribution in [1.29, 1.82) is 0 Å². The zero-order valence-corrected chi connectivity index (χ0v) is 14.8. The van der Waals surface area contributed by atoms with E-state index in [1.54, 1.807) is 6.26 Å². The Morgan fingerprint density at radius 2 is 1.96 bits per heavy atom. The molecule has 24 heavy (non-hydrogen) atoms. The summed E-state index contributed by atoms with van der Waals surface area (Å²) >= 11 is 0. The smallest absolute Gasteiger partial charge is 0.138 e. The van der Waals surface area contributed by atoms with Crippen molar-refractivity contribution in [3.63, 3.8) is 0 Å². The van der Waals surface area contributed by atoms with Gasteiger partial charge in [-0.25, -0.2) is 0 Å². The van der Waals surface area contributed by atoms with E-state index >= 15 is 0 Å². The molecule has 4 rings (SSSR count). The number of likely N-dealkylation sites (tertiary alicyclic amines) is 2. The molecular formula is C19H27N3O2. The summed E-state index contributed by atoms with van der Waals surface area (Å²) in [4.78, 5) is 5.16. The molecule has 4 heterocycles. The first-order valence-corrected chi connectivity index (χ1v) is 9.02. The molecule has 0 aromatic carbocycles. The Bertz CT molecular complexity index is 659. The van der Waals surface area contributed by atoms with Crippen molar-refractivity contribution < 1.29 is 8.94 Å². The van der Waals surface area contributed by atoms with E-state index in [0.717, 1.165) is 30.3 Å². The van der Waals surface area contributed by atoms with Crippen molar-refractivity contribution in [2.75, 3.05) is 26.2 Å². The van der Waals surface area contributed by atoms with E-state index in [4.69, 9.17) is 8.94 Å². The van der Waals surface area contributed by atoms with E-state index in [2.05, 4.69) is 21.0 Å². The van der Waals surface area contributed by atoms with Crippen molar-refractivity contribution in [3.8, 4) is 0 Å². The number of aryl methyl sites for hydroxylation is 2. The molecule has 0 N–H and O–H groups in total. The topological polar surface area (TPSA) is 45.7 Å². The number of nitrogens with zero attached hydrogens (tertiary/aromatic N) is 3. The summed E-state index contributed by atoms with van der Waals surface area (Å²) in [6.45, 7) is 10.7. The minimum Gasteiger partial charge on any atom is -0.468 e. The molecule has 2 aliphatic heterocycles. The summed E-state index contributed by atoms with van der Waals surface area (Å²) in [5.41, 5.74) is 2.76. The zero-order chi connectivity index (χ0) is 16.6. The maximum Gasteiger partial charge on any atom is 0.138 e. The molecule has 2 aromatic heterocycles. The SMILES string of the molecule is Cc1noc(C)c1CN1CCC[C@]2(CCN(Cc3ccco3)C2)C1. The highest BCUT2D eigenvalue weighted by molar-refractivity contribution is 5.20. The number of aromatic nitrogens is 1. The van der Waals surface area contributed by atoms with E-state index in [9.17, 15) is 0 Å². The van der Waals surface area contributed by atoms with Crippen LogP contribution in [-0.4, -0.2) is 41.1 Å². The third-order valence-electron chi connectivity index (χ3n) is 5.78. The minimum absolute atomic E-state index is 0.448. The molecule has 0 saturated carbocycles. The van der Waals surface area contributed by atoms with Gasteiger partial charge < -0.3 is 8.94 Å². The fourth-order valence-electron chi connectivity index (χ4n) is 4.52. The van der Waals surface area contributed by atoms with Gasteiger partial charge in [0.05, 0.1) is 18.5 Å². The molecule has 1 spiro atoms. The second kappa shape index (κ2) is 6.37. The molecule has 2 aliphatic rings. The first-order chi connectivity index (χ1) is 11.6. The maximum atomic E-state index is 5.52. The maximum absolute atomic E-state index is 5.52. The molecule has 0 aliphatic carbocycles. The average molecular weight is 329 g/mol. The van der Waals surface area contributed by atoms with Crippen LogP contribution in [0, 0.1) is 19.3 Å². The van der Waals surface area contributed by atoms with Crippen LogP contribution in [-0.2, 0) is 13.1 Å². The average Bonchev–Trinajstić information content (AvgIpc) is 3.27. The number of hydrogen-bond donors (Lipinski definition) is 0. The van der Waals surface area contributed by atoms with Crippen LogP contribution in [0.1, 0.15) is 42.0 Å². The molecule has 0 bridgehead atoms. The van der Waals surface area contributed by atoms with Crippen LogP contribution in [0.4, 0.5) is 0 Å². The normalized spacial score (nSPS) is 25.8. The monoisotopic (exact) mass is 329 g/mol. The van der Waals surface area contributed by atoms with Gasteiger partial charge in [-0.3, -0.25) is 9.80 Å². The summed E-state index contributed by atoms with van der Waals surface area (Å²) in [6, 6.07) is 4.06. The zero-order valence-electron chi connectivity index (χ0n) is 14.8. The number of furan rings is 1. The van der Waals surface area contributed by atoms with Gasteiger partial charge in [0.2, 0.25) is 0 Å². The fraction of sp³-hybridized carbons (Fsp3) is 0.632. The highest BCUT2D eigenvalue weighted by Gasteiger charge is 2.41. The van der Waals surface area contributed by atoms with E-state index in [1.165, 1.54) is 51.0 Å². The predicted octanol–water partition coefficient (Wildman–Crippen LogP) is 3.37. The minimum atomic E-state index is 0.448. The molecule has 0 radical (unpaired) electrons. The first kappa shape index (κ1) is 15.9. The van der Waals surface area contributed by atoms with E-state index < -0.39 is 0 Å². The van der Waals surface area contributed by atoms with Gasteiger partial charge in [0.25, 0.3) is 0 Å². The van der Waals surface area contributed by atoms with Gasteiger partial charge in [0.15, 0.2) is 0 Å². The number of piperidine rings is 1. The predicted molar refractivity (Wildman–Crippen MR) is 91.5 cm³/mol. The first-order valence-electron chi connectivity index (χ1n) is 9.02. The molecular weight excluding hydrogens is 302 g/mol. The van der Waals surface area contributed by atoms with Crippen LogP contribution >= 0.6 is 0 Å². The third-order valence-corrected chi connectivity index (χ3v) is 5.78. The molecule has 1 atom stereocenters. The van der Waals surface area contributed by atoms with Gasteiger partial charge in [-0.05, 0) is 63.7 Å². The van der Waals surface area contributed by atoms with Crippen molar-refractivity contribution in [2.24, 2.45) is 5.41 Å². The fourth-order valence-corrected chi connectivity index (χ4v) is 4.52. The highest BCUT2D eigenvalue weighted by Crippen LogP contribution is 2.40. The summed E-state index contributed by atoms with van der Waals surface area (Å²) in [6.07, 6.45) is 5.71. The molecule has 2 aromatic rings. The van der Waals surface area contributed by atoms with Crippen molar-refractivity contribution in [3.05, 3.63) is 41.2 Å². The van der Waals surface area contributed by atoms with Crippen molar-refractivity contribution in [1.82, 2.24) is 15.0 Å². The Labute approximate surface area is 143 Å². The van der Waals surface area contributed by atoms with Crippen LogP contribution in [0.3, 0.4) is 0 Å². The Morgan fingerprint density at radius 3 is 2.67 bits per heavy atom. The lowest BCUT2D eigenvalue weighted by atomic mass is 9.79. The molecule has 0 amide bonds. The molecule has 130 valence electrons. The number of rotatable bonds is 4. The largest absolute Gasteiger partial charge is 0.468 e. The Balaban J connectivity index is 1.39. The number of hydrogen-bond acceptors (Lipinski definition) is 5. The molecule has 0 unspecified atom stereocenters. The molecule has 2 saturated heterocycles. The second-order valence-electron chi connectivity index (χ2n) is 7.66. The lowest BCUT2D eigenvalue weighted by molar-refractivity contribution is 0.0853. The lowest BCUT2D eigenvalue weighted by Crippen LogP contribution is -2.44. The van der Waals surface area contributed by atoms with Crippen LogP contribution in [0.15, 0.2) is 27.3 Å². The third kappa shape index (κ3) is 3.15. The lowest BCUT2D eigenvalue weighted by Gasteiger charge is -2.40. The van der Waals surface area contributed by atoms with Crippen LogP contribution < -0.4 is 0 Å². The summed E-state index contributed by atoms with van der Waals surface area (Å²) in [7, 11) is 0. The van der Waals surface area contributed by atoms with Gasteiger partial charge in [0, 0.05) is 25.2 Å². The summed E-state index contributed by atoms with van der Waals surface area (Å²) in [5, 5.41) is 4.10. The van der Waals surface area contributed by atoms with Crippen molar-refractivity contribution >= 4 is 0 Å². The molecule has 5 heteroatoms. The second-order valence-corrected chi connectivity index (χ2v) is 7.66. The van der Waals surface area contributed by atoms with Gasteiger partial charge in [0.1, 0.15) is 11.5 Å². The summed E-state index contributed by atoms with van der Waals surface area (Å²) in [5.74, 6) is 2.05. The Morgan fingerprint density at radius 1 is 1.12 bits per heavy atom. The Kier molecular flexibility index (Phi) is 4.22. The van der Waals surface area contributed by atoms with E-state index in [1.807, 2.05) is 19.9 Å². The molecule has 2 fully saturated rings. The summed E-state index contributed by atoms with van der Waals surface area (Å²) < 4.78 is 10.9. The Hall–Kier alpha value is -1.59. The van der Waals surface area contributed by atoms with Gasteiger partial charge >= 0.3 is 0 Å². The van der Waals surface area contributed by atoms with Crippen LogP contribution in [0.5, 0.6) is 0 Å². The van der Waals surface area contributed by atoms with Gasteiger partial charge in [-0.1, -0.05) is 5.16 Å². The highest BCUT2D eigenvalue weighted by atomic mass is 16.5. The van der Waals surface area contributed by atoms with Gasteiger partial charge in [-0.15, -0.1) is 0 Å². The van der Waals surface area contributed by atoms with Crippen LogP contribution in [0.25, 0.3) is 0 Å². The molecule has 5 nitrogen and oxygen atoms in total.